The number of hydrogen-bond donors (Lipinski definition) is 2. The van der Waals surface area contributed by atoms with E-state index in [1.54, 1.807) is 37.3 Å². The maximum Gasteiger partial charge on any atom is 0.269 e. The minimum Gasteiger partial charge on any atom is -0.457 e. The van der Waals surface area contributed by atoms with E-state index >= 15 is 0 Å². The molecule has 0 saturated carbocycles. The number of benzene rings is 2. The van der Waals surface area contributed by atoms with Gasteiger partial charge in [0.25, 0.3) is 5.91 Å². The van der Waals surface area contributed by atoms with Crippen molar-refractivity contribution in [3.8, 4) is 11.5 Å². The van der Waals surface area contributed by atoms with Crippen molar-refractivity contribution in [3.63, 3.8) is 0 Å². The van der Waals surface area contributed by atoms with Crippen molar-refractivity contribution in [2.75, 3.05) is 11.8 Å². The molecule has 2 aromatic carbocycles. The Morgan fingerprint density at radius 3 is 2.48 bits per heavy atom. The lowest BCUT2D eigenvalue weighted by atomic mass is 10.3. The fraction of sp³-hybridized carbons (Fsp3) is 0.0526. The van der Waals surface area contributed by atoms with E-state index in [4.69, 9.17) is 4.74 Å². The molecule has 5 nitrogen and oxygen atoms in total. The number of pyridine rings is 1. The van der Waals surface area contributed by atoms with Crippen molar-refractivity contribution >= 4 is 23.5 Å². The molecule has 0 fully saturated rings. The van der Waals surface area contributed by atoms with Crippen LogP contribution in [0, 0.1) is 0 Å². The molecule has 0 bridgehead atoms. The third-order valence-corrected chi connectivity index (χ3v) is 4.16. The summed E-state index contributed by atoms with van der Waals surface area (Å²) < 4.78 is 9.06. The van der Waals surface area contributed by atoms with Crippen LogP contribution in [-0.2, 0) is 0 Å². The number of amides is 1. The lowest BCUT2D eigenvalue weighted by molar-refractivity contribution is 0.0958. The average molecular weight is 351 g/mol. The molecule has 0 spiro atoms. The van der Waals surface area contributed by atoms with Crippen LogP contribution in [0.5, 0.6) is 11.5 Å². The zero-order chi connectivity index (χ0) is 17.5. The van der Waals surface area contributed by atoms with Crippen molar-refractivity contribution in [1.82, 2.24) is 10.3 Å². The van der Waals surface area contributed by atoms with Crippen LogP contribution in [0.3, 0.4) is 0 Å². The molecule has 1 aromatic heterocycles. The van der Waals surface area contributed by atoms with Crippen LogP contribution >= 0.6 is 11.9 Å². The normalized spacial score (nSPS) is 10.1. The number of aromatic nitrogens is 1. The maximum atomic E-state index is 11.6. The van der Waals surface area contributed by atoms with Gasteiger partial charge in [-0.3, -0.25) is 9.78 Å². The highest BCUT2D eigenvalue weighted by Crippen LogP contribution is 2.25. The molecule has 2 N–H and O–H groups in total. The van der Waals surface area contributed by atoms with Crippen molar-refractivity contribution < 1.29 is 9.53 Å². The van der Waals surface area contributed by atoms with Crippen LogP contribution in [0.15, 0.2) is 77.8 Å². The van der Waals surface area contributed by atoms with Gasteiger partial charge in [0.2, 0.25) is 0 Å². The third-order valence-electron chi connectivity index (χ3n) is 3.31. The molecule has 0 atom stereocenters. The molecule has 0 aliphatic rings. The summed E-state index contributed by atoms with van der Waals surface area (Å²) in [7, 11) is 1.57. The van der Waals surface area contributed by atoms with E-state index < -0.39 is 0 Å². The second-order valence-corrected chi connectivity index (χ2v) is 5.98. The summed E-state index contributed by atoms with van der Waals surface area (Å²) in [5.74, 6) is 1.00. The molecule has 1 amide bonds. The van der Waals surface area contributed by atoms with Gasteiger partial charge in [0.1, 0.15) is 17.2 Å². The Labute approximate surface area is 150 Å². The van der Waals surface area contributed by atoms with Crippen LogP contribution in [0.25, 0.3) is 0 Å². The smallest absolute Gasteiger partial charge is 0.269 e. The SMILES string of the molecule is CNC(=O)c1cc(Oc2ccc(NSc3ccccc3)cc2)ccn1. The highest BCUT2D eigenvalue weighted by Gasteiger charge is 2.06. The first-order valence-electron chi connectivity index (χ1n) is 7.68. The van der Waals surface area contributed by atoms with Gasteiger partial charge in [-0.25, -0.2) is 0 Å². The number of rotatable bonds is 6. The number of carbonyl (C=O) groups is 1. The molecule has 126 valence electrons. The van der Waals surface area contributed by atoms with Crippen LogP contribution < -0.4 is 14.8 Å². The van der Waals surface area contributed by atoms with Crippen molar-refractivity contribution in [2.45, 2.75) is 4.90 Å². The first kappa shape index (κ1) is 16.9. The number of anilines is 1. The number of carbonyl (C=O) groups excluding carboxylic acids is 1. The van der Waals surface area contributed by atoms with E-state index in [1.807, 2.05) is 54.6 Å². The van der Waals surface area contributed by atoms with Gasteiger partial charge in [0.15, 0.2) is 0 Å². The Bertz CT molecular complexity index is 839. The van der Waals surface area contributed by atoms with E-state index in [2.05, 4.69) is 15.0 Å². The highest BCUT2D eigenvalue weighted by atomic mass is 32.2. The molecule has 0 aliphatic heterocycles. The Hall–Kier alpha value is -2.99. The van der Waals surface area contributed by atoms with E-state index in [0.717, 1.165) is 10.6 Å². The second-order valence-electron chi connectivity index (χ2n) is 5.10. The summed E-state index contributed by atoms with van der Waals surface area (Å²) in [5.41, 5.74) is 1.29. The quantitative estimate of drug-likeness (QED) is 0.646. The summed E-state index contributed by atoms with van der Waals surface area (Å²) >= 11 is 1.55. The number of nitrogens with one attached hydrogen (secondary N) is 2. The van der Waals surface area contributed by atoms with Gasteiger partial charge in [-0.05, 0) is 54.4 Å². The average Bonchev–Trinajstić information content (AvgIpc) is 2.68. The Morgan fingerprint density at radius 2 is 1.76 bits per heavy atom. The zero-order valence-electron chi connectivity index (χ0n) is 13.6. The van der Waals surface area contributed by atoms with Crippen molar-refractivity contribution in [3.05, 3.63) is 78.6 Å². The summed E-state index contributed by atoms with van der Waals surface area (Å²) in [6.45, 7) is 0. The summed E-state index contributed by atoms with van der Waals surface area (Å²) in [5, 5.41) is 2.54. The molecule has 0 aliphatic carbocycles. The Morgan fingerprint density at radius 1 is 1.00 bits per heavy atom. The molecular weight excluding hydrogens is 334 g/mol. The van der Waals surface area contributed by atoms with Gasteiger partial charge < -0.3 is 14.8 Å². The van der Waals surface area contributed by atoms with Gasteiger partial charge in [0.05, 0.1) is 0 Å². The van der Waals surface area contributed by atoms with E-state index in [-0.39, 0.29) is 5.91 Å². The van der Waals surface area contributed by atoms with Crippen LogP contribution in [-0.4, -0.2) is 17.9 Å². The number of nitrogens with zero attached hydrogens (tertiary/aromatic N) is 1. The fourth-order valence-electron chi connectivity index (χ4n) is 2.06. The molecule has 0 unspecified atom stereocenters. The molecule has 3 aromatic rings. The van der Waals surface area contributed by atoms with Crippen LogP contribution in [0.1, 0.15) is 10.5 Å². The lowest BCUT2D eigenvalue weighted by Crippen LogP contribution is -2.18. The highest BCUT2D eigenvalue weighted by molar-refractivity contribution is 8.00. The largest absolute Gasteiger partial charge is 0.457 e. The minimum atomic E-state index is -0.247. The minimum absolute atomic E-state index is 0.247. The van der Waals surface area contributed by atoms with Gasteiger partial charge in [-0.15, -0.1) is 0 Å². The summed E-state index contributed by atoms with van der Waals surface area (Å²) in [4.78, 5) is 16.8. The van der Waals surface area contributed by atoms with Crippen LogP contribution in [0.2, 0.25) is 0 Å². The molecule has 25 heavy (non-hydrogen) atoms. The molecule has 1 heterocycles. The first-order chi connectivity index (χ1) is 12.2. The molecule has 6 heteroatoms. The third kappa shape index (κ3) is 4.74. The molecular formula is C19H17N3O2S. The predicted molar refractivity (Wildman–Crippen MR) is 100 cm³/mol. The number of hydrogen-bond acceptors (Lipinski definition) is 5. The van der Waals surface area contributed by atoms with Gasteiger partial charge in [-0.2, -0.15) is 0 Å². The Balaban J connectivity index is 1.62. The molecule has 0 saturated heterocycles. The van der Waals surface area contributed by atoms with Crippen molar-refractivity contribution in [1.29, 1.82) is 0 Å². The summed E-state index contributed by atoms with van der Waals surface area (Å²) in [6.07, 6.45) is 1.55. The first-order valence-corrected chi connectivity index (χ1v) is 8.50. The van der Waals surface area contributed by atoms with Crippen LogP contribution in [0.4, 0.5) is 5.69 Å². The monoisotopic (exact) mass is 351 g/mol. The lowest BCUT2D eigenvalue weighted by Gasteiger charge is -2.09. The van der Waals surface area contributed by atoms with E-state index in [1.165, 1.54) is 0 Å². The number of ether oxygens (including phenoxy) is 1. The zero-order valence-corrected chi connectivity index (χ0v) is 14.4. The van der Waals surface area contributed by atoms with Gasteiger partial charge in [-0.1, -0.05) is 18.2 Å². The van der Waals surface area contributed by atoms with Gasteiger partial charge in [0, 0.05) is 29.9 Å². The van der Waals surface area contributed by atoms with Crippen molar-refractivity contribution in [2.24, 2.45) is 0 Å². The van der Waals surface area contributed by atoms with E-state index in [9.17, 15) is 4.79 Å². The molecule has 3 rings (SSSR count). The molecule has 0 radical (unpaired) electrons. The Kier molecular flexibility index (Phi) is 5.53. The maximum absolute atomic E-state index is 11.6. The summed E-state index contributed by atoms with van der Waals surface area (Å²) in [6, 6.07) is 21.0. The fourth-order valence-corrected chi connectivity index (χ4v) is 2.73. The predicted octanol–water partition coefficient (Wildman–Crippen LogP) is 4.35. The standard InChI is InChI=1S/C19H17N3O2S/c1-20-19(23)18-13-16(11-12-21-18)24-15-9-7-14(8-10-15)22-25-17-5-3-2-4-6-17/h2-13,22H,1H3,(H,20,23). The topological polar surface area (TPSA) is 63.2 Å². The van der Waals surface area contributed by atoms with Gasteiger partial charge >= 0.3 is 0 Å². The van der Waals surface area contributed by atoms with E-state index in [0.29, 0.717) is 17.2 Å². The second kappa shape index (κ2) is 8.21.